The molecule has 1 N–H and O–H groups in total. The van der Waals surface area contributed by atoms with Crippen LogP contribution in [0.25, 0.3) is 5.65 Å². The van der Waals surface area contributed by atoms with Gasteiger partial charge in [-0.25, -0.2) is 4.98 Å². The van der Waals surface area contributed by atoms with Crippen molar-refractivity contribution in [1.82, 2.24) is 9.38 Å². The predicted octanol–water partition coefficient (Wildman–Crippen LogP) is 3.23. The van der Waals surface area contributed by atoms with Gasteiger partial charge in [0.2, 0.25) is 0 Å². The Hall–Kier alpha value is -2.62. The zero-order valence-electron chi connectivity index (χ0n) is 13.1. The molecule has 2 aromatic heterocycles. The van der Waals surface area contributed by atoms with Gasteiger partial charge in [-0.2, -0.15) is 0 Å². The fourth-order valence-electron chi connectivity index (χ4n) is 2.62. The van der Waals surface area contributed by atoms with Crippen LogP contribution in [-0.4, -0.2) is 9.38 Å². The van der Waals surface area contributed by atoms with Crippen LogP contribution in [0.4, 0.5) is 5.69 Å². The van der Waals surface area contributed by atoms with Gasteiger partial charge in [0, 0.05) is 18.0 Å². The Labute approximate surface area is 129 Å². The number of nitrogens with zero attached hydrogens (tertiary/aromatic N) is 2. The highest BCUT2D eigenvalue weighted by molar-refractivity contribution is 5.56. The molecule has 22 heavy (non-hydrogen) atoms. The van der Waals surface area contributed by atoms with Crippen molar-refractivity contribution in [3.8, 4) is 0 Å². The molecular formula is C18H19N3O. The predicted molar refractivity (Wildman–Crippen MR) is 89.4 cm³/mol. The first kappa shape index (κ1) is 14.3. The topological polar surface area (TPSA) is 46.4 Å². The van der Waals surface area contributed by atoms with Crippen LogP contribution >= 0.6 is 0 Å². The lowest BCUT2D eigenvalue weighted by atomic mass is 10.1. The third kappa shape index (κ3) is 2.72. The highest BCUT2D eigenvalue weighted by Gasteiger charge is 2.05. The molecule has 1 aromatic carbocycles. The standard InChI is InChI=1S/C18H19N3O/c1-12-7-8-16-20-15(9-17(22)21(16)11-12)10-19-18-13(2)5-4-6-14(18)3/h4-9,11,19H,10H2,1-3H3. The maximum atomic E-state index is 12.2. The molecule has 3 rings (SSSR count). The van der Waals surface area contributed by atoms with Crippen molar-refractivity contribution < 1.29 is 0 Å². The van der Waals surface area contributed by atoms with E-state index < -0.39 is 0 Å². The highest BCUT2D eigenvalue weighted by Crippen LogP contribution is 2.19. The summed E-state index contributed by atoms with van der Waals surface area (Å²) in [5.74, 6) is 0. The number of aromatic nitrogens is 2. The molecule has 3 aromatic rings. The molecule has 0 atom stereocenters. The minimum atomic E-state index is -0.0491. The van der Waals surface area contributed by atoms with Crippen LogP contribution in [0.5, 0.6) is 0 Å². The van der Waals surface area contributed by atoms with Crippen molar-refractivity contribution in [2.45, 2.75) is 27.3 Å². The number of rotatable bonds is 3. The van der Waals surface area contributed by atoms with Crippen molar-refractivity contribution in [2.75, 3.05) is 5.32 Å². The molecule has 0 saturated heterocycles. The average Bonchev–Trinajstić information content (AvgIpc) is 2.47. The van der Waals surface area contributed by atoms with Crippen LogP contribution in [0, 0.1) is 20.8 Å². The van der Waals surface area contributed by atoms with E-state index in [1.807, 2.05) is 31.3 Å². The van der Waals surface area contributed by atoms with Crippen molar-refractivity contribution in [3.05, 3.63) is 75.3 Å². The molecule has 0 spiro atoms. The van der Waals surface area contributed by atoms with E-state index in [0.29, 0.717) is 12.2 Å². The first-order chi connectivity index (χ1) is 10.5. The molecule has 0 unspecified atom stereocenters. The van der Waals surface area contributed by atoms with Crippen molar-refractivity contribution in [2.24, 2.45) is 0 Å². The molecule has 0 radical (unpaired) electrons. The van der Waals surface area contributed by atoms with Gasteiger partial charge in [-0.15, -0.1) is 0 Å². The molecule has 0 bridgehead atoms. The lowest BCUT2D eigenvalue weighted by Crippen LogP contribution is -2.17. The fraction of sp³-hybridized carbons (Fsp3) is 0.222. The largest absolute Gasteiger partial charge is 0.379 e. The average molecular weight is 293 g/mol. The number of anilines is 1. The zero-order chi connectivity index (χ0) is 15.7. The third-order valence-electron chi connectivity index (χ3n) is 3.79. The molecular weight excluding hydrogens is 274 g/mol. The molecule has 0 fully saturated rings. The number of hydrogen-bond donors (Lipinski definition) is 1. The number of pyridine rings is 1. The summed E-state index contributed by atoms with van der Waals surface area (Å²) >= 11 is 0. The SMILES string of the molecule is Cc1ccc2nc(CNc3c(C)cccc3C)cc(=O)n2c1. The van der Waals surface area contributed by atoms with Crippen LogP contribution in [0.2, 0.25) is 0 Å². The van der Waals surface area contributed by atoms with E-state index >= 15 is 0 Å². The van der Waals surface area contributed by atoms with Crippen LogP contribution in [0.3, 0.4) is 0 Å². The van der Waals surface area contributed by atoms with E-state index in [-0.39, 0.29) is 5.56 Å². The van der Waals surface area contributed by atoms with Gasteiger partial charge in [0.1, 0.15) is 5.65 Å². The summed E-state index contributed by atoms with van der Waals surface area (Å²) in [5.41, 5.74) is 5.90. The Morgan fingerprint density at radius 3 is 2.55 bits per heavy atom. The second-order valence-corrected chi connectivity index (χ2v) is 5.64. The molecule has 0 amide bonds. The molecule has 0 aliphatic heterocycles. The number of nitrogens with one attached hydrogen (secondary N) is 1. The number of hydrogen-bond acceptors (Lipinski definition) is 3. The van der Waals surface area contributed by atoms with E-state index in [2.05, 4.69) is 36.3 Å². The quantitative estimate of drug-likeness (QED) is 0.806. The molecule has 4 nitrogen and oxygen atoms in total. The molecule has 2 heterocycles. The first-order valence-corrected chi connectivity index (χ1v) is 7.33. The fourth-order valence-corrected chi connectivity index (χ4v) is 2.62. The second-order valence-electron chi connectivity index (χ2n) is 5.64. The summed E-state index contributed by atoms with van der Waals surface area (Å²) in [6.07, 6.45) is 1.81. The lowest BCUT2D eigenvalue weighted by molar-refractivity contribution is 0.963. The molecule has 0 saturated carbocycles. The summed E-state index contributed by atoms with van der Waals surface area (Å²) < 4.78 is 1.58. The van der Waals surface area contributed by atoms with Crippen LogP contribution < -0.4 is 10.9 Å². The minimum Gasteiger partial charge on any atom is -0.379 e. The summed E-state index contributed by atoms with van der Waals surface area (Å²) in [6, 6.07) is 11.6. The van der Waals surface area contributed by atoms with E-state index in [9.17, 15) is 4.79 Å². The minimum absolute atomic E-state index is 0.0491. The number of para-hydroxylation sites is 1. The van der Waals surface area contributed by atoms with Crippen molar-refractivity contribution in [1.29, 1.82) is 0 Å². The lowest BCUT2D eigenvalue weighted by Gasteiger charge is -2.12. The highest BCUT2D eigenvalue weighted by atomic mass is 16.1. The van der Waals surface area contributed by atoms with Gasteiger partial charge in [-0.05, 0) is 43.5 Å². The Kier molecular flexibility index (Phi) is 3.67. The van der Waals surface area contributed by atoms with E-state index in [4.69, 9.17) is 0 Å². The van der Waals surface area contributed by atoms with Gasteiger partial charge in [0.05, 0.1) is 12.2 Å². The smallest absolute Gasteiger partial charge is 0.258 e. The normalized spacial score (nSPS) is 10.9. The van der Waals surface area contributed by atoms with Crippen molar-refractivity contribution >= 4 is 11.3 Å². The Bertz CT molecular complexity index is 876. The zero-order valence-corrected chi connectivity index (χ0v) is 13.1. The summed E-state index contributed by atoms with van der Waals surface area (Å²) in [4.78, 5) is 16.7. The molecule has 112 valence electrons. The van der Waals surface area contributed by atoms with Crippen molar-refractivity contribution in [3.63, 3.8) is 0 Å². The van der Waals surface area contributed by atoms with Gasteiger partial charge in [-0.1, -0.05) is 24.3 Å². The number of benzene rings is 1. The van der Waals surface area contributed by atoms with Crippen LogP contribution in [0.1, 0.15) is 22.4 Å². The summed E-state index contributed by atoms with van der Waals surface area (Å²) in [7, 11) is 0. The van der Waals surface area contributed by atoms with Gasteiger partial charge in [0.25, 0.3) is 5.56 Å². The molecule has 4 heteroatoms. The van der Waals surface area contributed by atoms with E-state index in [1.54, 1.807) is 10.5 Å². The first-order valence-electron chi connectivity index (χ1n) is 7.33. The maximum absolute atomic E-state index is 12.2. The van der Waals surface area contributed by atoms with Gasteiger partial charge in [0.15, 0.2) is 0 Å². The van der Waals surface area contributed by atoms with E-state index in [0.717, 1.165) is 16.9 Å². The Balaban J connectivity index is 1.92. The second kappa shape index (κ2) is 5.64. The van der Waals surface area contributed by atoms with Crippen LogP contribution in [0.15, 0.2) is 47.4 Å². The summed E-state index contributed by atoms with van der Waals surface area (Å²) in [6.45, 7) is 6.63. The maximum Gasteiger partial charge on any atom is 0.258 e. The summed E-state index contributed by atoms with van der Waals surface area (Å²) in [5, 5.41) is 3.39. The molecule has 0 aliphatic carbocycles. The number of aryl methyl sites for hydroxylation is 3. The van der Waals surface area contributed by atoms with Crippen LogP contribution in [-0.2, 0) is 6.54 Å². The monoisotopic (exact) mass is 293 g/mol. The van der Waals surface area contributed by atoms with Gasteiger partial charge < -0.3 is 5.32 Å². The molecule has 0 aliphatic rings. The third-order valence-corrected chi connectivity index (χ3v) is 3.79. The number of fused-ring (bicyclic) bond motifs is 1. The van der Waals surface area contributed by atoms with Gasteiger partial charge in [-0.3, -0.25) is 9.20 Å². The Morgan fingerprint density at radius 2 is 1.82 bits per heavy atom. The van der Waals surface area contributed by atoms with E-state index in [1.165, 1.54) is 11.1 Å². The Morgan fingerprint density at radius 1 is 1.09 bits per heavy atom. The van der Waals surface area contributed by atoms with Gasteiger partial charge >= 0.3 is 0 Å².